The third kappa shape index (κ3) is 6.13. The van der Waals surface area contributed by atoms with Crippen LogP contribution in [-0.2, 0) is 22.4 Å². The van der Waals surface area contributed by atoms with Gasteiger partial charge in [-0.15, -0.1) is 0 Å². The molecule has 0 amide bonds. The number of nitrogens with zero attached hydrogens (tertiary/aromatic N) is 6. The van der Waals surface area contributed by atoms with Crippen LogP contribution in [0.5, 0.6) is 0 Å². The summed E-state index contributed by atoms with van der Waals surface area (Å²) >= 11 is 5.59. The van der Waals surface area contributed by atoms with Gasteiger partial charge in [-0.3, -0.25) is 0 Å². The van der Waals surface area contributed by atoms with Crippen molar-refractivity contribution in [3.05, 3.63) is 47.3 Å². The van der Waals surface area contributed by atoms with Gasteiger partial charge in [-0.25, -0.2) is 32.7 Å². The van der Waals surface area contributed by atoms with Crippen molar-refractivity contribution in [1.82, 2.24) is 28.8 Å². The molecule has 0 aromatic carbocycles. The zero-order valence-electron chi connectivity index (χ0n) is 18.8. The zero-order valence-corrected chi connectivity index (χ0v) is 20.4. The van der Waals surface area contributed by atoms with Crippen LogP contribution in [0.1, 0.15) is 24.1 Å². The second-order valence-electron chi connectivity index (χ2n) is 8.20. The largest absolute Gasteiger partial charge is 0.435 e. The monoisotopic (exact) mass is 569 g/mol. The van der Waals surface area contributed by atoms with Crippen LogP contribution in [0.25, 0.3) is 17.1 Å². The van der Waals surface area contributed by atoms with Crippen LogP contribution in [0, 0.1) is 0 Å². The van der Waals surface area contributed by atoms with Crippen molar-refractivity contribution in [3.8, 4) is 17.1 Å². The molecule has 1 aliphatic rings. The van der Waals surface area contributed by atoms with E-state index in [9.17, 15) is 34.8 Å². The number of hydrogen-bond acceptors (Lipinski definition) is 7. The van der Waals surface area contributed by atoms with Gasteiger partial charge in [-0.1, -0.05) is 11.6 Å². The number of alkyl halides is 6. The van der Waals surface area contributed by atoms with Gasteiger partial charge in [0, 0.05) is 31.5 Å². The van der Waals surface area contributed by atoms with Gasteiger partial charge in [0.2, 0.25) is 16.0 Å². The Hall–Kier alpha value is -2.98. The number of pyridine rings is 1. The van der Waals surface area contributed by atoms with Crippen molar-refractivity contribution in [2.45, 2.75) is 31.2 Å². The highest BCUT2D eigenvalue weighted by Crippen LogP contribution is 2.37. The van der Waals surface area contributed by atoms with Gasteiger partial charge >= 0.3 is 12.4 Å². The summed E-state index contributed by atoms with van der Waals surface area (Å²) < 4.78 is 107. The first-order valence-corrected chi connectivity index (χ1v) is 12.8. The zero-order chi connectivity index (χ0) is 27.2. The fourth-order valence-corrected chi connectivity index (χ4v) is 4.81. The van der Waals surface area contributed by atoms with E-state index in [2.05, 4.69) is 25.3 Å². The van der Waals surface area contributed by atoms with Crippen molar-refractivity contribution in [1.29, 1.82) is 0 Å². The molecule has 0 spiro atoms. The Bertz CT molecular complexity index is 1400. The number of aromatic nitrogens is 5. The molecule has 3 aromatic rings. The second kappa shape index (κ2) is 9.72. The number of anilines is 1. The number of hydrogen-bond donors (Lipinski definition) is 1. The molecule has 1 fully saturated rings. The third-order valence-electron chi connectivity index (χ3n) is 5.56. The predicted octanol–water partition coefficient (Wildman–Crippen LogP) is 4.25. The topological polar surface area (TPSA) is 106 Å². The molecule has 9 nitrogen and oxygen atoms in total. The number of imidazole rings is 1. The van der Waals surface area contributed by atoms with Crippen molar-refractivity contribution < 1.29 is 34.8 Å². The molecule has 0 aliphatic carbocycles. The minimum Gasteiger partial charge on any atom is -0.351 e. The lowest BCUT2D eigenvalue weighted by Crippen LogP contribution is -2.42. The van der Waals surface area contributed by atoms with E-state index < -0.39 is 50.2 Å². The predicted molar refractivity (Wildman–Crippen MR) is 120 cm³/mol. The molecule has 17 heteroatoms. The average molecular weight is 570 g/mol. The standard InChI is InChI=1S/C20H18ClF6N7O2S/c1-37(35,36)34-6-4-11(5-7-34)30-18-28-8-12(19(22,23)24)16(32-18)13-9-33(10-29-13)14-2-3-15(21)31-17(14)20(25,26)27/h2-3,8-11H,4-7H2,1H3,(H,28,30,32). The SMILES string of the molecule is CS(=O)(=O)N1CCC(Nc2ncc(C(F)(F)F)c(-c3cn(-c4ccc(Cl)nc4C(F)(F)F)cn3)n2)CC1. The second-order valence-corrected chi connectivity index (χ2v) is 10.6. The Labute approximate surface area is 211 Å². The molecule has 0 radical (unpaired) electrons. The maximum absolute atomic E-state index is 13.7. The Morgan fingerprint density at radius 3 is 2.30 bits per heavy atom. The van der Waals surface area contributed by atoms with Crippen molar-refractivity contribution >= 4 is 27.6 Å². The smallest absolute Gasteiger partial charge is 0.351 e. The van der Waals surface area contributed by atoms with E-state index in [0.29, 0.717) is 19.0 Å². The summed E-state index contributed by atoms with van der Waals surface area (Å²) in [6.45, 7) is 0.427. The number of nitrogens with one attached hydrogen (secondary N) is 1. The molecule has 0 bridgehead atoms. The van der Waals surface area contributed by atoms with Gasteiger partial charge in [0.1, 0.15) is 28.4 Å². The minimum atomic E-state index is -4.89. The van der Waals surface area contributed by atoms with Gasteiger partial charge in [0.15, 0.2) is 5.69 Å². The number of piperidine rings is 1. The summed E-state index contributed by atoms with van der Waals surface area (Å²) in [4.78, 5) is 14.8. The number of halogens is 7. The summed E-state index contributed by atoms with van der Waals surface area (Å²) in [6.07, 6.45) is -5.52. The van der Waals surface area contributed by atoms with Crippen molar-refractivity contribution in [3.63, 3.8) is 0 Å². The quantitative estimate of drug-likeness (QED) is 0.362. The Kier molecular flexibility index (Phi) is 7.11. The average Bonchev–Trinajstić information content (AvgIpc) is 3.27. The Morgan fingerprint density at radius 1 is 1.03 bits per heavy atom. The third-order valence-corrected chi connectivity index (χ3v) is 7.08. The number of rotatable bonds is 5. The Balaban J connectivity index is 1.66. The molecule has 37 heavy (non-hydrogen) atoms. The van der Waals surface area contributed by atoms with E-state index in [1.807, 2.05) is 0 Å². The maximum Gasteiger partial charge on any atom is 0.435 e. The lowest BCUT2D eigenvalue weighted by atomic mass is 10.1. The molecule has 4 rings (SSSR count). The van der Waals surface area contributed by atoms with Gasteiger partial charge < -0.3 is 9.88 Å². The highest BCUT2D eigenvalue weighted by molar-refractivity contribution is 7.88. The van der Waals surface area contributed by atoms with E-state index in [1.165, 1.54) is 4.31 Å². The van der Waals surface area contributed by atoms with E-state index in [0.717, 1.165) is 35.5 Å². The van der Waals surface area contributed by atoms with E-state index in [1.54, 1.807) is 0 Å². The van der Waals surface area contributed by atoms with Crippen LogP contribution in [-0.4, -0.2) is 62.6 Å². The van der Waals surface area contributed by atoms with Gasteiger partial charge in [0.25, 0.3) is 0 Å². The lowest BCUT2D eigenvalue weighted by molar-refractivity contribution is -0.141. The molecule has 4 heterocycles. The van der Waals surface area contributed by atoms with Crippen LogP contribution < -0.4 is 5.32 Å². The molecule has 1 N–H and O–H groups in total. The fraction of sp³-hybridized carbons (Fsp3) is 0.400. The summed E-state index contributed by atoms with van der Waals surface area (Å²) in [5, 5.41) is 2.48. The van der Waals surface area contributed by atoms with Gasteiger partial charge in [-0.05, 0) is 25.0 Å². The summed E-state index contributed by atoms with van der Waals surface area (Å²) in [5.41, 5.74) is -4.07. The minimum absolute atomic E-state index is 0.167. The molecule has 1 aliphatic heterocycles. The Morgan fingerprint density at radius 2 is 1.70 bits per heavy atom. The van der Waals surface area contributed by atoms with E-state index in [4.69, 9.17) is 11.6 Å². The first-order chi connectivity index (χ1) is 17.1. The van der Waals surface area contributed by atoms with Crippen molar-refractivity contribution in [2.75, 3.05) is 24.7 Å². The van der Waals surface area contributed by atoms with Gasteiger partial charge in [0.05, 0.1) is 11.9 Å². The maximum atomic E-state index is 13.7. The van der Waals surface area contributed by atoms with E-state index >= 15 is 0 Å². The van der Waals surface area contributed by atoms with E-state index in [-0.39, 0.29) is 30.8 Å². The molecular weight excluding hydrogens is 552 g/mol. The van der Waals surface area contributed by atoms with Gasteiger partial charge in [-0.2, -0.15) is 26.3 Å². The lowest BCUT2D eigenvalue weighted by Gasteiger charge is -2.30. The molecule has 0 atom stereocenters. The van der Waals surface area contributed by atoms with Crippen LogP contribution >= 0.6 is 11.6 Å². The highest BCUT2D eigenvalue weighted by atomic mass is 35.5. The molecule has 1 saturated heterocycles. The first kappa shape index (κ1) is 27.1. The molecule has 3 aromatic heterocycles. The van der Waals surface area contributed by atoms with Crippen molar-refractivity contribution in [2.24, 2.45) is 0 Å². The highest BCUT2D eigenvalue weighted by Gasteiger charge is 2.38. The van der Waals surface area contributed by atoms with Crippen LogP contribution in [0.15, 0.2) is 30.9 Å². The molecule has 200 valence electrons. The molecule has 0 saturated carbocycles. The normalized spacial score (nSPS) is 16.2. The molecule has 0 unspecified atom stereocenters. The summed E-state index contributed by atoms with van der Waals surface area (Å²) in [6, 6.07) is 1.81. The van der Waals surface area contributed by atoms with Crippen LogP contribution in [0.3, 0.4) is 0 Å². The summed E-state index contributed by atoms with van der Waals surface area (Å²) in [5.74, 6) is -0.167. The van der Waals surface area contributed by atoms with Crippen LogP contribution in [0.4, 0.5) is 32.3 Å². The first-order valence-electron chi connectivity index (χ1n) is 10.6. The molecular formula is C20H18ClF6N7O2S. The van der Waals surface area contributed by atoms with Crippen LogP contribution in [0.2, 0.25) is 5.15 Å². The number of sulfonamides is 1. The fourth-order valence-electron chi connectivity index (χ4n) is 3.79. The summed E-state index contributed by atoms with van der Waals surface area (Å²) in [7, 11) is -3.37.